The molecule has 26 heavy (non-hydrogen) atoms. The minimum atomic E-state index is -0.410. The minimum Gasteiger partial charge on any atom is -0.382 e. The highest BCUT2D eigenvalue weighted by atomic mass is 19.1. The van der Waals surface area contributed by atoms with E-state index in [2.05, 4.69) is 10.4 Å². The smallest absolute Gasteiger partial charge is 0.256 e. The molecule has 0 fully saturated rings. The molecule has 2 aromatic heterocycles. The number of hydrogen-bond donors (Lipinski definition) is 1. The summed E-state index contributed by atoms with van der Waals surface area (Å²) in [4.78, 5) is 12.6. The Morgan fingerprint density at radius 1 is 1.23 bits per heavy atom. The van der Waals surface area contributed by atoms with Crippen molar-refractivity contribution in [1.29, 1.82) is 0 Å². The first-order valence-corrected chi connectivity index (χ1v) is 8.54. The van der Waals surface area contributed by atoms with Gasteiger partial charge in [0, 0.05) is 32.2 Å². The van der Waals surface area contributed by atoms with Crippen molar-refractivity contribution in [1.82, 2.24) is 19.7 Å². The molecule has 0 aliphatic heterocycles. The first-order valence-electron chi connectivity index (χ1n) is 8.54. The lowest BCUT2D eigenvalue weighted by molar-refractivity contribution is 0.0944. The van der Waals surface area contributed by atoms with Crippen LogP contribution in [0, 0.1) is 5.82 Å². The number of halogens is 1. The Hall–Kier alpha value is -2.93. The Kier molecular flexibility index (Phi) is 5.80. The highest BCUT2D eigenvalue weighted by Crippen LogP contribution is 2.21. The summed E-state index contributed by atoms with van der Waals surface area (Å²) in [6.07, 6.45) is 5.76. The molecule has 0 spiro atoms. The molecule has 0 aliphatic carbocycles. The van der Waals surface area contributed by atoms with Crippen molar-refractivity contribution in [2.45, 2.75) is 13.3 Å². The van der Waals surface area contributed by atoms with Gasteiger partial charge in [-0.2, -0.15) is 5.10 Å². The number of para-hydroxylation sites is 1. The standard InChI is InChI=1S/C19H21FN4O2/c1-2-26-13-7-10-21-18(25)15-14-22-24(17-9-4-3-8-16(17)20)19(15)23-11-5-6-12-23/h3-6,8-9,11-12,14H,2,7,10,13H2,1H3,(H,21,25). The summed E-state index contributed by atoms with van der Waals surface area (Å²) < 4.78 is 22.7. The Bertz CT molecular complexity index is 858. The van der Waals surface area contributed by atoms with Crippen molar-refractivity contribution < 1.29 is 13.9 Å². The second kappa shape index (κ2) is 8.44. The average Bonchev–Trinajstić information content (AvgIpc) is 3.31. The lowest BCUT2D eigenvalue weighted by Crippen LogP contribution is -2.26. The first kappa shape index (κ1) is 17.9. The molecule has 2 heterocycles. The number of ether oxygens (including phenoxy) is 1. The number of rotatable bonds is 8. The highest BCUT2D eigenvalue weighted by molar-refractivity contribution is 5.97. The van der Waals surface area contributed by atoms with E-state index in [9.17, 15) is 9.18 Å². The largest absolute Gasteiger partial charge is 0.382 e. The Balaban J connectivity index is 1.89. The van der Waals surface area contributed by atoms with Gasteiger partial charge >= 0.3 is 0 Å². The van der Waals surface area contributed by atoms with Gasteiger partial charge in [-0.3, -0.25) is 4.79 Å². The third-order valence-corrected chi connectivity index (χ3v) is 3.87. The van der Waals surface area contributed by atoms with Gasteiger partial charge in [0.05, 0.1) is 6.20 Å². The van der Waals surface area contributed by atoms with Gasteiger partial charge < -0.3 is 14.6 Å². The van der Waals surface area contributed by atoms with Crippen LogP contribution in [0.4, 0.5) is 4.39 Å². The normalized spacial score (nSPS) is 10.8. The van der Waals surface area contributed by atoms with E-state index >= 15 is 0 Å². The maximum atomic E-state index is 14.2. The van der Waals surface area contributed by atoms with E-state index in [0.717, 1.165) is 6.42 Å². The van der Waals surface area contributed by atoms with E-state index < -0.39 is 5.82 Å². The third kappa shape index (κ3) is 3.83. The predicted octanol–water partition coefficient (Wildman–Crippen LogP) is 2.96. The number of aromatic nitrogens is 3. The molecule has 0 aliphatic rings. The molecular formula is C19H21FN4O2. The van der Waals surface area contributed by atoms with E-state index in [1.54, 1.807) is 35.2 Å². The van der Waals surface area contributed by atoms with Gasteiger partial charge in [0.25, 0.3) is 5.91 Å². The molecule has 6 nitrogen and oxygen atoms in total. The number of carbonyl (C=O) groups excluding carboxylic acids is 1. The summed E-state index contributed by atoms with van der Waals surface area (Å²) in [5.41, 5.74) is 0.660. The molecule has 1 aromatic carbocycles. The van der Waals surface area contributed by atoms with Crippen LogP contribution in [-0.4, -0.2) is 40.0 Å². The molecule has 136 valence electrons. The number of nitrogens with one attached hydrogen (secondary N) is 1. The Morgan fingerprint density at radius 2 is 2.00 bits per heavy atom. The first-order chi connectivity index (χ1) is 12.7. The number of benzene rings is 1. The maximum Gasteiger partial charge on any atom is 0.256 e. The van der Waals surface area contributed by atoms with Crippen molar-refractivity contribution in [3.63, 3.8) is 0 Å². The molecular weight excluding hydrogens is 335 g/mol. The van der Waals surface area contributed by atoms with Crippen LogP contribution < -0.4 is 5.32 Å². The Labute approximate surface area is 151 Å². The van der Waals surface area contributed by atoms with Crippen molar-refractivity contribution in [2.75, 3.05) is 19.8 Å². The molecule has 1 N–H and O–H groups in total. The minimum absolute atomic E-state index is 0.257. The Morgan fingerprint density at radius 3 is 2.73 bits per heavy atom. The van der Waals surface area contributed by atoms with Crippen molar-refractivity contribution in [2.24, 2.45) is 0 Å². The number of hydrogen-bond acceptors (Lipinski definition) is 3. The summed E-state index contributed by atoms with van der Waals surface area (Å²) in [5, 5.41) is 7.11. The van der Waals surface area contributed by atoms with Crippen LogP contribution in [0.25, 0.3) is 11.5 Å². The van der Waals surface area contributed by atoms with Crippen LogP contribution in [-0.2, 0) is 4.74 Å². The van der Waals surface area contributed by atoms with Crippen molar-refractivity contribution in [3.05, 3.63) is 66.4 Å². The summed E-state index contributed by atoms with van der Waals surface area (Å²) in [5.74, 6) is -0.178. The SMILES string of the molecule is CCOCCCNC(=O)c1cnn(-c2ccccc2F)c1-n1cccc1. The summed E-state index contributed by atoms with van der Waals surface area (Å²) in [6, 6.07) is 10.0. The van der Waals surface area contributed by atoms with E-state index in [0.29, 0.717) is 31.1 Å². The summed E-state index contributed by atoms with van der Waals surface area (Å²) >= 11 is 0. The number of carbonyl (C=O) groups is 1. The fraction of sp³-hybridized carbons (Fsp3) is 0.263. The molecule has 3 aromatic rings. The zero-order chi connectivity index (χ0) is 18.4. The van der Waals surface area contributed by atoms with Gasteiger partial charge in [0.1, 0.15) is 17.1 Å². The predicted molar refractivity (Wildman–Crippen MR) is 96.3 cm³/mol. The van der Waals surface area contributed by atoms with Crippen LogP contribution in [0.3, 0.4) is 0 Å². The lowest BCUT2D eigenvalue weighted by atomic mass is 10.2. The van der Waals surface area contributed by atoms with Crippen LogP contribution in [0.5, 0.6) is 0 Å². The maximum absolute atomic E-state index is 14.2. The summed E-state index contributed by atoms with van der Waals surface area (Å²) in [6.45, 7) is 3.67. The molecule has 0 saturated carbocycles. The fourth-order valence-corrected chi connectivity index (χ4v) is 2.64. The number of amides is 1. The van der Waals surface area contributed by atoms with E-state index in [4.69, 9.17) is 4.74 Å². The van der Waals surface area contributed by atoms with E-state index in [1.807, 2.05) is 19.1 Å². The van der Waals surface area contributed by atoms with Crippen molar-refractivity contribution in [3.8, 4) is 11.5 Å². The van der Waals surface area contributed by atoms with Crippen molar-refractivity contribution >= 4 is 5.91 Å². The molecule has 0 saturated heterocycles. The molecule has 0 unspecified atom stereocenters. The van der Waals surface area contributed by atoms with Crippen LogP contribution in [0.2, 0.25) is 0 Å². The van der Waals surface area contributed by atoms with Crippen LogP contribution >= 0.6 is 0 Å². The van der Waals surface area contributed by atoms with Gasteiger partial charge in [0.15, 0.2) is 5.82 Å². The fourth-order valence-electron chi connectivity index (χ4n) is 2.64. The molecule has 7 heteroatoms. The molecule has 0 radical (unpaired) electrons. The zero-order valence-electron chi connectivity index (χ0n) is 14.6. The van der Waals surface area contributed by atoms with Gasteiger partial charge in [-0.05, 0) is 37.6 Å². The summed E-state index contributed by atoms with van der Waals surface area (Å²) in [7, 11) is 0. The molecule has 0 atom stereocenters. The van der Waals surface area contributed by atoms with Gasteiger partial charge in [0.2, 0.25) is 0 Å². The average molecular weight is 356 g/mol. The molecule has 1 amide bonds. The lowest BCUT2D eigenvalue weighted by Gasteiger charge is -2.12. The second-order valence-corrected chi connectivity index (χ2v) is 5.64. The topological polar surface area (TPSA) is 61.1 Å². The number of nitrogens with zero attached hydrogens (tertiary/aromatic N) is 3. The zero-order valence-corrected chi connectivity index (χ0v) is 14.6. The van der Waals surface area contributed by atoms with Crippen LogP contribution in [0.15, 0.2) is 55.0 Å². The second-order valence-electron chi connectivity index (χ2n) is 5.64. The monoisotopic (exact) mass is 356 g/mol. The molecule has 3 rings (SSSR count). The van der Waals surface area contributed by atoms with Gasteiger partial charge in [-0.15, -0.1) is 0 Å². The van der Waals surface area contributed by atoms with E-state index in [1.165, 1.54) is 16.9 Å². The van der Waals surface area contributed by atoms with E-state index in [-0.39, 0.29) is 11.6 Å². The highest BCUT2D eigenvalue weighted by Gasteiger charge is 2.20. The third-order valence-electron chi connectivity index (χ3n) is 3.87. The van der Waals surface area contributed by atoms with Gasteiger partial charge in [-0.25, -0.2) is 9.07 Å². The van der Waals surface area contributed by atoms with Crippen LogP contribution in [0.1, 0.15) is 23.7 Å². The molecule has 0 bridgehead atoms. The quantitative estimate of drug-likeness (QED) is 0.631. The van der Waals surface area contributed by atoms with Gasteiger partial charge in [-0.1, -0.05) is 12.1 Å².